The average Bonchev–Trinajstić information content (AvgIpc) is 3.13. The Balaban J connectivity index is 1.60. The number of rotatable bonds is 5. The summed E-state index contributed by atoms with van der Waals surface area (Å²) in [5.41, 5.74) is 1.79. The standard InChI is InChI=1S/C19H28N2O2/c22-14-16-7-4-10-21(13-16)19(23)17-8-3-9-18(11-17)20-12-15-5-1-2-6-15/h3,8-9,11,15-16,20,22H,1-2,4-7,10,12-14H2. The minimum atomic E-state index is 0.0904. The molecule has 23 heavy (non-hydrogen) atoms. The molecule has 2 aliphatic rings. The molecule has 0 spiro atoms. The summed E-state index contributed by atoms with van der Waals surface area (Å²) in [4.78, 5) is 14.6. The van der Waals surface area contributed by atoms with Crippen molar-refractivity contribution >= 4 is 11.6 Å². The number of carbonyl (C=O) groups excluding carboxylic acids is 1. The van der Waals surface area contributed by atoms with Gasteiger partial charge < -0.3 is 15.3 Å². The average molecular weight is 316 g/mol. The van der Waals surface area contributed by atoms with Crippen LogP contribution in [-0.4, -0.2) is 42.2 Å². The van der Waals surface area contributed by atoms with Gasteiger partial charge in [0.1, 0.15) is 0 Å². The van der Waals surface area contributed by atoms with Crippen LogP contribution in [0.2, 0.25) is 0 Å². The smallest absolute Gasteiger partial charge is 0.253 e. The van der Waals surface area contributed by atoms with Crippen LogP contribution < -0.4 is 5.32 Å². The van der Waals surface area contributed by atoms with Gasteiger partial charge in [0.25, 0.3) is 5.91 Å². The quantitative estimate of drug-likeness (QED) is 0.877. The Morgan fingerprint density at radius 1 is 1.17 bits per heavy atom. The number of piperidine rings is 1. The number of hydrogen-bond donors (Lipinski definition) is 2. The molecule has 1 unspecified atom stereocenters. The molecule has 1 aliphatic heterocycles. The van der Waals surface area contributed by atoms with Crippen molar-refractivity contribution in [3.63, 3.8) is 0 Å². The van der Waals surface area contributed by atoms with Gasteiger partial charge in [0.05, 0.1) is 0 Å². The van der Waals surface area contributed by atoms with Crippen LogP contribution >= 0.6 is 0 Å². The molecule has 1 heterocycles. The number of aliphatic hydroxyl groups is 1. The van der Waals surface area contributed by atoms with E-state index >= 15 is 0 Å². The molecule has 1 amide bonds. The summed E-state index contributed by atoms with van der Waals surface area (Å²) in [6, 6.07) is 7.86. The molecular formula is C19H28N2O2. The van der Waals surface area contributed by atoms with Crippen LogP contribution in [0.25, 0.3) is 0 Å². The normalized spacial score (nSPS) is 22.3. The molecule has 2 N–H and O–H groups in total. The third-order valence-corrected chi connectivity index (χ3v) is 5.24. The first-order valence-electron chi connectivity index (χ1n) is 9.00. The van der Waals surface area contributed by atoms with E-state index < -0.39 is 0 Å². The number of amides is 1. The molecule has 4 nitrogen and oxygen atoms in total. The van der Waals surface area contributed by atoms with Crippen molar-refractivity contribution in [2.45, 2.75) is 38.5 Å². The number of aliphatic hydroxyl groups excluding tert-OH is 1. The second kappa shape index (κ2) is 7.82. The second-order valence-corrected chi connectivity index (χ2v) is 7.05. The van der Waals surface area contributed by atoms with Crippen LogP contribution in [-0.2, 0) is 0 Å². The predicted octanol–water partition coefficient (Wildman–Crippen LogP) is 3.13. The van der Waals surface area contributed by atoms with Crippen molar-refractivity contribution < 1.29 is 9.90 Å². The predicted molar refractivity (Wildman–Crippen MR) is 92.6 cm³/mol. The van der Waals surface area contributed by atoms with Crippen LogP contribution in [0, 0.1) is 11.8 Å². The summed E-state index contributed by atoms with van der Waals surface area (Å²) in [7, 11) is 0. The Hall–Kier alpha value is -1.55. The lowest BCUT2D eigenvalue weighted by molar-refractivity contribution is 0.0621. The summed E-state index contributed by atoms with van der Waals surface area (Å²) in [5.74, 6) is 1.10. The fourth-order valence-corrected chi connectivity index (χ4v) is 3.82. The number of nitrogens with zero attached hydrogens (tertiary/aromatic N) is 1. The lowest BCUT2D eigenvalue weighted by Gasteiger charge is -2.32. The van der Waals surface area contributed by atoms with E-state index in [0.29, 0.717) is 6.54 Å². The van der Waals surface area contributed by atoms with E-state index in [1.165, 1.54) is 25.7 Å². The molecule has 1 aromatic rings. The minimum Gasteiger partial charge on any atom is -0.396 e. The van der Waals surface area contributed by atoms with Crippen LogP contribution in [0.3, 0.4) is 0 Å². The third kappa shape index (κ3) is 4.25. The van der Waals surface area contributed by atoms with Crippen LogP contribution in [0.15, 0.2) is 24.3 Å². The molecule has 0 aromatic heterocycles. The summed E-state index contributed by atoms with van der Waals surface area (Å²) in [5, 5.41) is 12.8. The van der Waals surface area contributed by atoms with E-state index in [0.717, 1.165) is 43.1 Å². The highest BCUT2D eigenvalue weighted by Crippen LogP contribution is 2.25. The highest BCUT2D eigenvalue weighted by atomic mass is 16.3. The van der Waals surface area contributed by atoms with E-state index in [-0.39, 0.29) is 18.4 Å². The van der Waals surface area contributed by atoms with Gasteiger partial charge in [-0.2, -0.15) is 0 Å². The van der Waals surface area contributed by atoms with Gasteiger partial charge in [0.2, 0.25) is 0 Å². The Labute approximate surface area is 138 Å². The molecule has 1 aliphatic carbocycles. The number of hydrogen-bond acceptors (Lipinski definition) is 3. The van der Waals surface area contributed by atoms with Crippen molar-refractivity contribution in [3.8, 4) is 0 Å². The van der Waals surface area contributed by atoms with Crippen molar-refractivity contribution in [1.82, 2.24) is 4.90 Å². The SMILES string of the molecule is O=C(c1cccc(NCC2CCCC2)c1)N1CCCC(CO)C1. The van der Waals surface area contributed by atoms with Gasteiger partial charge >= 0.3 is 0 Å². The van der Waals surface area contributed by atoms with Crippen LogP contribution in [0.5, 0.6) is 0 Å². The first-order valence-corrected chi connectivity index (χ1v) is 9.00. The summed E-state index contributed by atoms with van der Waals surface area (Å²) >= 11 is 0. The Kier molecular flexibility index (Phi) is 5.55. The van der Waals surface area contributed by atoms with Gasteiger partial charge in [-0.3, -0.25) is 4.79 Å². The van der Waals surface area contributed by atoms with Crippen molar-refractivity contribution in [2.24, 2.45) is 11.8 Å². The molecule has 3 rings (SSSR count). The Morgan fingerprint density at radius 2 is 1.96 bits per heavy atom. The van der Waals surface area contributed by atoms with Crippen LogP contribution in [0.4, 0.5) is 5.69 Å². The summed E-state index contributed by atoms with van der Waals surface area (Å²) in [6.07, 6.45) is 7.35. The van der Waals surface area contributed by atoms with E-state index in [1.807, 2.05) is 29.2 Å². The zero-order valence-corrected chi connectivity index (χ0v) is 13.8. The minimum absolute atomic E-state index is 0.0904. The monoisotopic (exact) mass is 316 g/mol. The molecular weight excluding hydrogens is 288 g/mol. The van der Waals surface area contributed by atoms with E-state index in [2.05, 4.69) is 5.32 Å². The Morgan fingerprint density at radius 3 is 2.74 bits per heavy atom. The van der Waals surface area contributed by atoms with Gasteiger partial charge in [-0.25, -0.2) is 0 Å². The maximum Gasteiger partial charge on any atom is 0.253 e. The molecule has 2 fully saturated rings. The lowest BCUT2D eigenvalue weighted by Crippen LogP contribution is -2.40. The number of nitrogens with one attached hydrogen (secondary N) is 1. The van der Waals surface area contributed by atoms with Crippen LogP contribution in [0.1, 0.15) is 48.9 Å². The Bertz CT molecular complexity index is 526. The van der Waals surface area contributed by atoms with Gasteiger partial charge in [0.15, 0.2) is 0 Å². The van der Waals surface area contributed by atoms with Gasteiger partial charge in [-0.05, 0) is 55.7 Å². The maximum absolute atomic E-state index is 12.7. The van der Waals surface area contributed by atoms with Gasteiger partial charge in [0, 0.05) is 37.5 Å². The van der Waals surface area contributed by atoms with Crippen molar-refractivity contribution in [3.05, 3.63) is 29.8 Å². The van der Waals surface area contributed by atoms with Gasteiger partial charge in [-0.15, -0.1) is 0 Å². The second-order valence-electron chi connectivity index (χ2n) is 7.05. The molecule has 1 atom stereocenters. The van der Waals surface area contributed by atoms with Crippen molar-refractivity contribution in [1.29, 1.82) is 0 Å². The first kappa shape index (κ1) is 16.3. The third-order valence-electron chi connectivity index (χ3n) is 5.24. The highest BCUT2D eigenvalue weighted by Gasteiger charge is 2.24. The van der Waals surface area contributed by atoms with E-state index in [1.54, 1.807) is 0 Å². The van der Waals surface area contributed by atoms with E-state index in [4.69, 9.17) is 0 Å². The fraction of sp³-hybridized carbons (Fsp3) is 0.632. The summed E-state index contributed by atoms with van der Waals surface area (Å²) < 4.78 is 0. The molecule has 0 radical (unpaired) electrons. The largest absolute Gasteiger partial charge is 0.396 e. The molecule has 126 valence electrons. The van der Waals surface area contributed by atoms with Crippen molar-refractivity contribution in [2.75, 3.05) is 31.6 Å². The zero-order valence-electron chi connectivity index (χ0n) is 13.8. The maximum atomic E-state index is 12.7. The topological polar surface area (TPSA) is 52.6 Å². The first-order chi connectivity index (χ1) is 11.3. The number of likely N-dealkylation sites (tertiary alicyclic amines) is 1. The van der Waals surface area contributed by atoms with E-state index in [9.17, 15) is 9.90 Å². The zero-order chi connectivity index (χ0) is 16.1. The molecule has 1 saturated heterocycles. The molecule has 1 aromatic carbocycles. The van der Waals surface area contributed by atoms with Gasteiger partial charge in [-0.1, -0.05) is 18.9 Å². The number of anilines is 1. The molecule has 4 heteroatoms. The number of carbonyl (C=O) groups is 1. The highest BCUT2D eigenvalue weighted by molar-refractivity contribution is 5.95. The lowest BCUT2D eigenvalue weighted by atomic mass is 9.98. The summed E-state index contributed by atoms with van der Waals surface area (Å²) in [6.45, 7) is 2.66. The molecule has 1 saturated carbocycles. The molecule has 0 bridgehead atoms. The fourth-order valence-electron chi connectivity index (χ4n) is 3.82. The number of benzene rings is 1.